The summed E-state index contributed by atoms with van der Waals surface area (Å²) in [5.41, 5.74) is 6.20. The fourth-order valence-electron chi connectivity index (χ4n) is 1.21. The Morgan fingerprint density at radius 1 is 1.57 bits per heavy atom. The van der Waals surface area contributed by atoms with E-state index >= 15 is 0 Å². The maximum absolute atomic E-state index is 9.68. The highest BCUT2D eigenvalue weighted by molar-refractivity contribution is 9.10. The number of aliphatic hydroxyl groups excluding tert-OH is 1. The van der Waals surface area contributed by atoms with Crippen LogP contribution in [0.4, 0.5) is 0 Å². The highest BCUT2D eigenvalue weighted by atomic mass is 79.9. The number of benzene rings is 1. The zero-order valence-corrected chi connectivity index (χ0v) is 9.62. The van der Waals surface area contributed by atoms with E-state index in [1.165, 1.54) is 0 Å². The second kappa shape index (κ2) is 5.34. The van der Waals surface area contributed by atoms with Crippen LogP contribution in [-0.4, -0.2) is 18.8 Å². The standard InChI is InChI=1S/C10H14BrNO2/c1-14-10-6-7(2-3-8(10)11)9(13)4-5-12/h2-3,6,9,13H,4-5,12H2,1H3. The molecule has 1 rings (SSSR count). The summed E-state index contributed by atoms with van der Waals surface area (Å²) < 4.78 is 6.00. The molecule has 3 N–H and O–H groups in total. The molecule has 3 nitrogen and oxygen atoms in total. The molecule has 1 aromatic rings. The average Bonchev–Trinajstić information content (AvgIpc) is 2.19. The van der Waals surface area contributed by atoms with E-state index < -0.39 is 6.10 Å². The Balaban J connectivity index is 2.88. The lowest BCUT2D eigenvalue weighted by molar-refractivity contribution is 0.170. The first-order valence-corrected chi connectivity index (χ1v) is 5.20. The Morgan fingerprint density at radius 2 is 2.29 bits per heavy atom. The summed E-state index contributed by atoms with van der Waals surface area (Å²) in [7, 11) is 1.60. The van der Waals surface area contributed by atoms with Crippen LogP contribution in [0.15, 0.2) is 22.7 Å². The van der Waals surface area contributed by atoms with Crippen molar-refractivity contribution in [2.45, 2.75) is 12.5 Å². The van der Waals surface area contributed by atoms with Crippen LogP contribution < -0.4 is 10.5 Å². The van der Waals surface area contributed by atoms with Gasteiger partial charge < -0.3 is 15.6 Å². The Morgan fingerprint density at radius 3 is 2.86 bits per heavy atom. The quantitative estimate of drug-likeness (QED) is 0.868. The summed E-state index contributed by atoms with van der Waals surface area (Å²) in [6.45, 7) is 0.472. The molecule has 14 heavy (non-hydrogen) atoms. The molecule has 0 aromatic heterocycles. The number of hydrogen-bond donors (Lipinski definition) is 2. The van der Waals surface area contributed by atoms with E-state index in [-0.39, 0.29) is 0 Å². The van der Waals surface area contributed by atoms with Crippen LogP contribution in [-0.2, 0) is 0 Å². The zero-order valence-electron chi connectivity index (χ0n) is 8.03. The first-order chi connectivity index (χ1) is 6.69. The van der Waals surface area contributed by atoms with Gasteiger partial charge in [-0.05, 0) is 46.6 Å². The van der Waals surface area contributed by atoms with Crippen LogP contribution in [0.25, 0.3) is 0 Å². The van der Waals surface area contributed by atoms with Gasteiger partial charge in [0.05, 0.1) is 17.7 Å². The molecule has 0 aliphatic carbocycles. The lowest BCUT2D eigenvalue weighted by Gasteiger charge is -2.11. The van der Waals surface area contributed by atoms with Crippen LogP contribution in [0.2, 0.25) is 0 Å². The van der Waals surface area contributed by atoms with Crippen LogP contribution in [0.1, 0.15) is 18.1 Å². The number of nitrogens with two attached hydrogens (primary N) is 1. The average molecular weight is 260 g/mol. The monoisotopic (exact) mass is 259 g/mol. The van der Waals surface area contributed by atoms with Gasteiger partial charge in [-0.3, -0.25) is 0 Å². The van der Waals surface area contributed by atoms with Crippen molar-refractivity contribution in [3.8, 4) is 5.75 Å². The number of hydrogen-bond acceptors (Lipinski definition) is 3. The van der Waals surface area contributed by atoms with E-state index in [1.807, 2.05) is 18.2 Å². The van der Waals surface area contributed by atoms with Gasteiger partial charge in [0.15, 0.2) is 0 Å². The highest BCUT2D eigenvalue weighted by Crippen LogP contribution is 2.28. The van der Waals surface area contributed by atoms with E-state index in [0.29, 0.717) is 13.0 Å². The molecule has 0 spiro atoms. The molecule has 0 saturated carbocycles. The zero-order chi connectivity index (χ0) is 10.6. The van der Waals surface area contributed by atoms with Crippen LogP contribution in [0.5, 0.6) is 5.75 Å². The van der Waals surface area contributed by atoms with Gasteiger partial charge in [-0.25, -0.2) is 0 Å². The smallest absolute Gasteiger partial charge is 0.133 e. The van der Waals surface area contributed by atoms with Crippen molar-refractivity contribution >= 4 is 15.9 Å². The number of methoxy groups -OCH3 is 1. The minimum absolute atomic E-state index is 0.472. The maximum atomic E-state index is 9.68. The highest BCUT2D eigenvalue weighted by Gasteiger charge is 2.09. The summed E-state index contributed by atoms with van der Waals surface area (Å²) in [5.74, 6) is 0.721. The Labute approximate surface area is 92.0 Å². The Kier molecular flexibility index (Phi) is 4.38. The molecular formula is C10H14BrNO2. The molecule has 0 radical (unpaired) electrons. The third-order valence-corrected chi connectivity index (χ3v) is 2.66. The number of rotatable bonds is 4. The molecule has 1 aromatic carbocycles. The van der Waals surface area contributed by atoms with Gasteiger partial charge in [0.25, 0.3) is 0 Å². The molecule has 0 amide bonds. The molecule has 0 saturated heterocycles. The maximum Gasteiger partial charge on any atom is 0.133 e. The van der Waals surface area contributed by atoms with Gasteiger partial charge in [0.1, 0.15) is 5.75 Å². The molecule has 0 heterocycles. The molecule has 4 heteroatoms. The van der Waals surface area contributed by atoms with E-state index in [0.717, 1.165) is 15.8 Å². The van der Waals surface area contributed by atoms with E-state index in [1.54, 1.807) is 7.11 Å². The van der Waals surface area contributed by atoms with E-state index in [4.69, 9.17) is 10.5 Å². The predicted octanol–water partition coefficient (Wildman–Crippen LogP) is 1.84. The fourth-order valence-corrected chi connectivity index (χ4v) is 1.62. The second-order valence-electron chi connectivity index (χ2n) is 2.99. The third-order valence-electron chi connectivity index (χ3n) is 2.00. The summed E-state index contributed by atoms with van der Waals surface area (Å²) in [6.07, 6.45) is 0.0483. The molecule has 1 unspecified atom stereocenters. The molecule has 78 valence electrons. The molecule has 0 fully saturated rings. The first-order valence-electron chi connectivity index (χ1n) is 4.40. The van der Waals surface area contributed by atoms with Crippen molar-refractivity contribution in [3.63, 3.8) is 0 Å². The fraction of sp³-hybridized carbons (Fsp3) is 0.400. The lowest BCUT2D eigenvalue weighted by atomic mass is 10.1. The molecule has 0 aliphatic heterocycles. The molecule has 1 atom stereocenters. The van der Waals surface area contributed by atoms with Gasteiger partial charge >= 0.3 is 0 Å². The van der Waals surface area contributed by atoms with Crippen LogP contribution in [0, 0.1) is 0 Å². The SMILES string of the molecule is COc1cc(C(O)CCN)ccc1Br. The van der Waals surface area contributed by atoms with Gasteiger partial charge in [0.2, 0.25) is 0 Å². The first kappa shape index (κ1) is 11.5. The number of halogens is 1. The predicted molar refractivity (Wildman–Crippen MR) is 59.3 cm³/mol. The van der Waals surface area contributed by atoms with Crippen molar-refractivity contribution in [2.75, 3.05) is 13.7 Å². The van der Waals surface area contributed by atoms with Crippen molar-refractivity contribution in [1.82, 2.24) is 0 Å². The number of ether oxygens (including phenoxy) is 1. The summed E-state index contributed by atoms with van der Waals surface area (Å²) in [5, 5.41) is 9.68. The van der Waals surface area contributed by atoms with Crippen LogP contribution >= 0.6 is 15.9 Å². The van der Waals surface area contributed by atoms with Crippen molar-refractivity contribution in [1.29, 1.82) is 0 Å². The third kappa shape index (κ3) is 2.70. The number of aliphatic hydroxyl groups is 1. The normalized spacial score (nSPS) is 12.6. The van der Waals surface area contributed by atoms with Crippen molar-refractivity contribution < 1.29 is 9.84 Å². The van der Waals surface area contributed by atoms with Gasteiger partial charge in [-0.2, -0.15) is 0 Å². The lowest BCUT2D eigenvalue weighted by Crippen LogP contribution is -2.06. The van der Waals surface area contributed by atoms with Gasteiger partial charge in [-0.1, -0.05) is 6.07 Å². The molecule has 0 aliphatic rings. The largest absolute Gasteiger partial charge is 0.496 e. The molecule has 0 bridgehead atoms. The topological polar surface area (TPSA) is 55.5 Å². The second-order valence-corrected chi connectivity index (χ2v) is 3.84. The van der Waals surface area contributed by atoms with E-state index in [2.05, 4.69) is 15.9 Å². The minimum Gasteiger partial charge on any atom is -0.496 e. The van der Waals surface area contributed by atoms with Crippen molar-refractivity contribution in [3.05, 3.63) is 28.2 Å². The van der Waals surface area contributed by atoms with Gasteiger partial charge in [0, 0.05) is 0 Å². The van der Waals surface area contributed by atoms with Gasteiger partial charge in [-0.15, -0.1) is 0 Å². The molecular weight excluding hydrogens is 246 g/mol. The van der Waals surface area contributed by atoms with Crippen molar-refractivity contribution in [2.24, 2.45) is 5.73 Å². The van der Waals surface area contributed by atoms with E-state index in [9.17, 15) is 5.11 Å². The van der Waals surface area contributed by atoms with Crippen LogP contribution in [0.3, 0.4) is 0 Å². The minimum atomic E-state index is -0.512. The summed E-state index contributed by atoms with van der Waals surface area (Å²) in [4.78, 5) is 0. The Bertz CT molecular complexity index is 304. The summed E-state index contributed by atoms with van der Waals surface area (Å²) >= 11 is 3.35. The Hall–Kier alpha value is -0.580. The summed E-state index contributed by atoms with van der Waals surface area (Å²) in [6, 6.07) is 5.52.